The van der Waals surface area contributed by atoms with Gasteiger partial charge in [0.15, 0.2) is 11.5 Å². The van der Waals surface area contributed by atoms with E-state index in [1.54, 1.807) is 48.5 Å². The summed E-state index contributed by atoms with van der Waals surface area (Å²) in [5, 5.41) is 11.8. The second-order valence-electron chi connectivity index (χ2n) is 5.76. The van der Waals surface area contributed by atoms with E-state index >= 15 is 0 Å². The molecule has 0 bridgehead atoms. The Morgan fingerprint density at radius 2 is 1.77 bits per heavy atom. The van der Waals surface area contributed by atoms with Gasteiger partial charge in [0, 0.05) is 5.56 Å². The van der Waals surface area contributed by atoms with Crippen LogP contribution < -0.4 is 14.8 Å². The number of hydrogen-bond acceptors (Lipinski definition) is 4. The van der Waals surface area contributed by atoms with Gasteiger partial charge in [-0.05, 0) is 49.8 Å². The fourth-order valence-electron chi connectivity index (χ4n) is 2.23. The first-order chi connectivity index (χ1) is 12.4. The van der Waals surface area contributed by atoms with Crippen molar-refractivity contribution in [1.29, 1.82) is 0 Å². The van der Waals surface area contributed by atoms with Crippen LogP contribution in [0.2, 0.25) is 0 Å². The Kier molecular flexibility index (Phi) is 6.38. The first-order valence-electron chi connectivity index (χ1n) is 8.06. The zero-order valence-corrected chi connectivity index (χ0v) is 14.9. The average molecular weight is 355 g/mol. The van der Waals surface area contributed by atoms with E-state index in [-0.39, 0.29) is 11.8 Å². The molecule has 2 rings (SSSR count). The van der Waals surface area contributed by atoms with Crippen molar-refractivity contribution < 1.29 is 24.2 Å². The van der Waals surface area contributed by atoms with Crippen molar-refractivity contribution in [1.82, 2.24) is 5.32 Å². The molecule has 0 saturated carbocycles. The van der Waals surface area contributed by atoms with E-state index in [1.807, 2.05) is 13.8 Å². The van der Waals surface area contributed by atoms with E-state index in [9.17, 15) is 14.7 Å². The number of amides is 1. The topological polar surface area (TPSA) is 84.9 Å². The van der Waals surface area contributed by atoms with Crippen molar-refractivity contribution in [2.75, 3.05) is 7.11 Å². The number of aliphatic carboxylic acids is 1. The largest absolute Gasteiger partial charge is 0.493 e. The highest BCUT2D eigenvalue weighted by Gasteiger charge is 2.14. The van der Waals surface area contributed by atoms with E-state index in [0.717, 1.165) is 0 Å². The minimum atomic E-state index is -1.24. The Morgan fingerprint density at radius 3 is 2.35 bits per heavy atom. The van der Waals surface area contributed by atoms with Gasteiger partial charge in [-0.1, -0.05) is 24.3 Å². The maximum Gasteiger partial charge on any atom is 0.352 e. The van der Waals surface area contributed by atoms with Gasteiger partial charge < -0.3 is 19.9 Å². The van der Waals surface area contributed by atoms with Gasteiger partial charge in [0.1, 0.15) is 5.70 Å². The molecule has 0 heterocycles. The van der Waals surface area contributed by atoms with Crippen LogP contribution >= 0.6 is 0 Å². The molecule has 1 amide bonds. The lowest BCUT2D eigenvalue weighted by molar-refractivity contribution is -0.132. The van der Waals surface area contributed by atoms with Gasteiger partial charge in [-0.2, -0.15) is 0 Å². The molecular formula is C20H21NO5. The number of carboxylic acids is 1. The first kappa shape index (κ1) is 19.1. The molecular weight excluding hydrogens is 334 g/mol. The normalized spacial score (nSPS) is 11.2. The summed E-state index contributed by atoms with van der Waals surface area (Å²) < 4.78 is 10.9. The van der Waals surface area contributed by atoms with Crippen LogP contribution in [0.1, 0.15) is 29.8 Å². The smallest absolute Gasteiger partial charge is 0.352 e. The van der Waals surface area contributed by atoms with Crippen molar-refractivity contribution in [2.45, 2.75) is 20.0 Å². The van der Waals surface area contributed by atoms with Gasteiger partial charge in [-0.3, -0.25) is 4.79 Å². The van der Waals surface area contributed by atoms with Crippen LogP contribution in [0.4, 0.5) is 0 Å². The molecule has 6 nitrogen and oxygen atoms in total. The number of carbonyl (C=O) groups is 2. The summed E-state index contributed by atoms with van der Waals surface area (Å²) in [6.07, 6.45) is 1.34. The van der Waals surface area contributed by atoms with Gasteiger partial charge in [-0.25, -0.2) is 4.79 Å². The highest BCUT2D eigenvalue weighted by molar-refractivity contribution is 6.02. The zero-order chi connectivity index (χ0) is 19.1. The highest BCUT2D eigenvalue weighted by Crippen LogP contribution is 2.29. The van der Waals surface area contributed by atoms with Crippen molar-refractivity contribution in [3.8, 4) is 11.5 Å². The Morgan fingerprint density at radius 1 is 1.08 bits per heavy atom. The Labute approximate surface area is 152 Å². The maximum atomic E-state index is 12.2. The van der Waals surface area contributed by atoms with Crippen LogP contribution in [-0.4, -0.2) is 30.2 Å². The van der Waals surface area contributed by atoms with E-state index < -0.39 is 11.9 Å². The second kappa shape index (κ2) is 8.71. The molecule has 0 aromatic heterocycles. The van der Waals surface area contributed by atoms with E-state index in [1.165, 1.54) is 13.2 Å². The molecule has 0 aliphatic rings. The van der Waals surface area contributed by atoms with Crippen LogP contribution in [0.15, 0.2) is 54.2 Å². The number of rotatable bonds is 7. The summed E-state index contributed by atoms with van der Waals surface area (Å²) >= 11 is 0. The number of ether oxygens (including phenoxy) is 2. The molecule has 6 heteroatoms. The van der Waals surface area contributed by atoms with Crippen molar-refractivity contribution in [3.05, 3.63) is 65.4 Å². The SMILES string of the molecule is COc1cc(C=C(NC(=O)c2ccccc2)C(=O)O)ccc1OC(C)C. The molecule has 0 fully saturated rings. The van der Waals surface area contributed by atoms with Gasteiger partial charge in [0.2, 0.25) is 0 Å². The number of carboxylic acid groups (broad SMARTS) is 1. The molecule has 0 spiro atoms. The summed E-state index contributed by atoms with van der Waals surface area (Å²) in [7, 11) is 1.51. The Balaban J connectivity index is 2.28. The molecule has 0 radical (unpaired) electrons. The molecule has 0 saturated heterocycles. The third-order valence-electron chi connectivity index (χ3n) is 3.38. The number of methoxy groups -OCH3 is 1. The fourth-order valence-corrected chi connectivity index (χ4v) is 2.23. The lowest BCUT2D eigenvalue weighted by Gasteiger charge is -2.14. The summed E-state index contributed by atoms with van der Waals surface area (Å²) in [5.41, 5.74) is 0.695. The Hall–Kier alpha value is -3.28. The lowest BCUT2D eigenvalue weighted by atomic mass is 10.1. The summed E-state index contributed by atoms with van der Waals surface area (Å²) in [6, 6.07) is 13.4. The van der Waals surface area contributed by atoms with Crippen molar-refractivity contribution >= 4 is 18.0 Å². The molecule has 0 atom stereocenters. The van der Waals surface area contributed by atoms with Crippen LogP contribution in [0.25, 0.3) is 6.08 Å². The van der Waals surface area contributed by atoms with Crippen LogP contribution in [0.3, 0.4) is 0 Å². The molecule has 0 aliphatic carbocycles. The molecule has 0 unspecified atom stereocenters. The van der Waals surface area contributed by atoms with Gasteiger partial charge in [-0.15, -0.1) is 0 Å². The number of hydrogen-bond donors (Lipinski definition) is 2. The van der Waals surface area contributed by atoms with E-state index in [0.29, 0.717) is 22.6 Å². The number of nitrogens with one attached hydrogen (secondary N) is 1. The maximum absolute atomic E-state index is 12.2. The van der Waals surface area contributed by atoms with Crippen LogP contribution in [0.5, 0.6) is 11.5 Å². The number of carbonyl (C=O) groups excluding carboxylic acids is 1. The van der Waals surface area contributed by atoms with Gasteiger partial charge in [0.25, 0.3) is 5.91 Å². The summed E-state index contributed by atoms with van der Waals surface area (Å²) in [4.78, 5) is 23.7. The minimum Gasteiger partial charge on any atom is -0.493 e. The number of benzene rings is 2. The molecule has 2 aromatic rings. The fraction of sp³-hybridized carbons (Fsp3) is 0.200. The highest BCUT2D eigenvalue weighted by atomic mass is 16.5. The molecule has 136 valence electrons. The third kappa shape index (κ3) is 5.11. The second-order valence-corrected chi connectivity index (χ2v) is 5.76. The lowest BCUT2D eigenvalue weighted by Crippen LogP contribution is -2.27. The molecule has 26 heavy (non-hydrogen) atoms. The predicted octanol–water partition coefficient (Wildman–Crippen LogP) is 3.34. The summed E-state index contributed by atoms with van der Waals surface area (Å²) in [5.74, 6) is -0.696. The third-order valence-corrected chi connectivity index (χ3v) is 3.38. The van der Waals surface area contributed by atoms with Crippen LogP contribution in [0, 0.1) is 0 Å². The first-order valence-corrected chi connectivity index (χ1v) is 8.06. The monoisotopic (exact) mass is 355 g/mol. The molecule has 0 aliphatic heterocycles. The standard InChI is InChI=1S/C20H21NO5/c1-13(2)26-17-10-9-14(12-18(17)25-3)11-16(20(23)24)21-19(22)15-7-5-4-6-8-15/h4-13H,1-3H3,(H,21,22)(H,23,24). The van der Waals surface area contributed by atoms with E-state index in [4.69, 9.17) is 9.47 Å². The Bertz CT molecular complexity index is 812. The molecule has 2 aromatic carbocycles. The van der Waals surface area contributed by atoms with Crippen molar-refractivity contribution in [3.63, 3.8) is 0 Å². The minimum absolute atomic E-state index is 0.0231. The van der Waals surface area contributed by atoms with Gasteiger partial charge >= 0.3 is 5.97 Å². The van der Waals surface area contributed by atoms with Crippen molar-refractivity contribution in [2.24, 2.45) is 0 Å². The quantitative estimate of drug-likeness (QED) is 0.744. The van der Waals surface area contributed by atoms with Gasteiger partial charge in [0.05, 0.1) is 13.2 Å². The molecule has 2 N–H and O–H groups in total. The summed E-state index contributed by atoms with van der Waals surface area (Å²) in [6.45, 7) is 3.80. The average Bonchev–Trinajstić information content (AvgIpc) is 2.62. The predicted molar refractivity (Wildman–Crippen MR) is 98.3 cm³/mol. The zero-order valence-electron chi connectivity index (χ0n) is 14.9. The van der Waals surface area contributed by atoms with Crippen LogP contribution in [-0.2, 0) is 4.79 Å². The van der Waals surface area contributed by atoms with E-state index in [2.05, 4.69) is 5.32 Å².